The van der Waals surface area contributed by atoms with Gasteiger partial charge in [-0.3, -0.25) is 0 Å². The Labute approximate surface area is 89.4 Å². The summed E-state index contributed by atoms with van der Waals surface area (Å²) in [5.74, 6) is 0.134. The number of anilines is 1. The van der Waals surface area contributed by atoms with Crippen LogP contribution in [-0.4, -0.2) is 29.2 Å². The van der Waals surface area contributed by atoms with Crippen LogP contribution in [-0.2, 0) is 16.4 Å². The molecule has 86 valence electrons. The molecule has 0 aliphatic rings. The van der Waals surface area contributed by atoms with Crippen molar-refractivity contribution in [2.45, 2.75) is 38.3 Å². The van der Waals surface area contributed by atoms with E-state index in [-0.39, 0.29) is 16.6 Å². The minimum absolute atomic E-state index is 0.0102. The Morgan fingerprint density at radius 1 is 1.40 bits per heavy atom. The summed E-state index contributed by atoms with van der Waals surface area (Å²) in [5, 5.41) is 7.24. The molecule has 15 heavy (non-hydrogen) atoms. The van der Waals surface area contributed by atoms with Crippen LogP contribution in [0.5, 0.6) is 0 Å². The van der Waals surface area contributed by atoms with Crippen molar-refractivity contribution < 1.29 is 8.42 Å². The Hall–Kier alpha value is -1.11. The van der Waals surface area contributed by atoms with Crippen molar-refractivity contribution in [2.75, 3.05) is 11.5 Å². The fourth-order valence-electron chi connectivity index (χ4n) is 1.14. The topological polar surface area (TPSA) is 90.9 Å². The van der Waals surface area contributed by atoms with Crippen molar-refractivity contribution in [1.82, 2.24) is 15.0 Å². The fraction of sp³-hybridized carbons (Fsp3) is 0.750. The highest BCUT2D eigenvalue weighted by Crippen LogP contribution is 2.16. The standard InChI is InChI=1S/C8H16N4O2S/c1-3-5-6-12-7(9)8(10-11-12)15(13,14)4-2/h3-6,9H2,1-2H3. The van der Waals surface area contributed by atoms with Crippen LogP contribution in [0.4, 0.5) is 5.82 Å². The molecule has 0 aliphatic heterocycles. The van der Waals surface area contributed by atoms with Gasteiger partial charge in [-0.1, -0.05) is 25.5 Å². The number of nitrogens with two attached hydrogens (primary N) is 1. The molecule has 0 spiro atoms. The van der Waals surface area contributed by atoms with Crippen molar-refractivity contribution in [2.24, 2.45) is 0 Å². The van der Waals surface area contributed by atoms with Gasteiger partial charge in [0.05, 0.1) is 5.75 Å². The van der Waals surface area contributed by atoms with Gasteiger partial charge in [0.15, 0.2) is 5.82 Å². The van der Waals surface area contributed by atoms with Gasteiger partial charge in [0.25, 0.3) is 0 Å². The predicted octanol–water partition coefficient (Wildman–Crippen LogP) is 0.454. The van der Waals surface area contributed by atoms with E-state index in [9.17, 15) is 8.42 Å². The summed E-state index contributed by atoms with van der Waals surface area (Å²) in [4.78, 5) is 0. The Morgan fingerprint density at radius 2 is 2.07 bits per heavy atom. The highest BCUT2D eigenvalue weighted by atomic mass is 32.2. The van der Waals surface area contributed by atoms with Crippen molar-refractivity contribution in [3.63, 3.8) is 0 Å². The van der Waals surface area contributed by atoms with E-state index >= 15 is 0 Å². The van der Waals surface area contributed by atoms with Crippen molar-refractivity contribution >= 4 is 15.7 Å². The van der Waals surface area contributed by atoms with Crippen molar-refractivity contribution in [3.05, 3.63) is 0 Å². The monoisotopic (exact) mass is 232 g/mol. The van der Waals surface area contributed by atoms with Crippen LogP contribution in [0.15, 0.2) is 5.03 Å². The van der Waals surface area contributed by atoms with Crippen LogP contribution >= 0.6 is 0 Å². The van der Waals surface area contributed by atoms with Gasteiger partial charge in [0, 0.05) is 6.54 Å². The average Bonchev–Trinajstić information content (AvgIpc) is 2.57. The molecule has 0 saturated heterocycles. The molecule has 0 atom stereocenters. The predicted molar refractivity (Wildman–Crippen MR) is 57.1 cm³/mol. The third-order valence-corrected chi connectivity index (χ3v) is 3.78. The van der Waals surface area contributed by atoms with Crippen LogP contribution in [0.3, 0.4) is 0 Å². The lowest BCUT2D eigenvalue weighted by molar-refractivity contribution is 0.558. The number of aryl methyl sites for hydroxylation is 1. The van der Waals surface area contributed by atoms with Crippen molar-refractivity contribution in [1.29, 1.82) is 0 Å². The molecule has 2 N–H and O–H groups in total. The van der Waals surface area contributed by atoms with Gasteiger partial charge < -0.3 is 5.73 Å². The normalized spacial score (nSPS) is 11.9. The summed E-state index contributed by atoms with van der Waals surface area (Å²) in [6, 6.07) is 0. The van der Waals surface area contributed by atoms with Crippen molar-refractivity contribution in [3.8, 4) is 0 Å². The SMILES string of the molecule is CCCCn1nnc(S(=O)(=O)CC)c1N. The van der Waals surface area contributed by atoms with Gasteiger partial charge in [0.1, 0.15) is 0 Å². The minimum atomic E-state index is -3.35. The maximum absolute atomic E-state index is 11.5. The molecule has 0 aromatic carbocycles. The van der Waals surface area contributed by atoms with E-state index in [1.807, 2.05) is 6.92 Å². The van der Waals surface area contributed by atoms with Gasteiger partial charge in [0.2, 0.25) is 14.9 Å². The molecule has 0 radical (unpaired) electrons. The molecule has 1 aromatic heterocycles. The molecule has 1 aromatic rings. The van der Waals surface area contributed by atoms with Crippen LogP contribution in [0.25, 0.3) is 0 Å². The second-order valence-electron chi connectivity index (χ2n) is 3.26. The third-order valence-electron chi connectivity index (χ3n) is 2.14. The highest BCUT2D eigenvalue weighted by Gasteiger charge is 2.21. The number of aromatic nitrogens is 3. The summed E-state index contributed by atoms with van der Waals surface area (Å²) < 4.78 is 24.5. The lowest BCUT2D eigenvalue weighted by Gasteiger charge is -2.01. The smallest absolute Gasteiger partial charge is 0.220 e. The zero-order chi connectivity index (χ0) is 11.5. The zero-order valence-corrected chi connectivity index (χ0v) is 9.79. The van der Waals surface area contributed by atoms with E-state index in [2.05, 4.69) is 10.3 Å². The molecule has 0 fully saturated rings. The lowest BCUT2D eigenvalue weighted by Crippen LogP contribution is -2.09. The number of nitrogen functional groups attached to an aromatic ring is 1. The fourth-order valence-corrected chi connectivity index (χ4v) is 1.99. The second kappa shape index (κ2) is 4.61. The Balaban J connectivity index is 2.99. The second-order valence-corrected chi connectivity index (χ2v) is 5.45. The first kappa shape index (κ1) is 12.0. The van der Waals surface area contributed by atoms with E-state index in [1.54, 1.807) is 6.92 Å². The molecule has 1 rings (SSSR count). The summed E-state index contributed by atoms with van der Waals surface area (Å²) in [6.07, 6.45) is 1.90. The summed E-state index contributed by atoms with van der Waals surface area (Å²) in [7, 11) is -3.35. The maximum Gasteiger partial charge on any atom is 0.220 e. The minimum Gasteiger partial charge on any atom is -0.381 e. The lowest BCUT2D eigenvalue weighted by atomic mass is 10.3. The highest BCUT2D eigenvalue weighted by molar-refractivity contribution is 7.91. The molecular formula is C8H16N4O2S. The number of sulfone groups is 1. The molecule has 0 bridgehead atoms. The van der Waals surface area contributed by atoms with E-state index in [1.165, 1.54) is 4.68 Å². The van der Waals surface area contributed by atoms with Gasteiger partial charge >= 0.3 is 0 Å². The first-order valence-corrected chi connectivity index (χ1v) is 6.59. The summed E-state index contributed by atoms with van der Waals surface area (Å²) in [5.41, 5.74) is 5.66. The van der Waals surface area contributed by atoms with Crippen LogP contribution < -0.4 is 5.73 Å². The number of unbranched alkanes of at least 4 members (excludes halogenated alkanes) is 1. The number of hydrogen-bond donors (Lipinski definition) is 1. The van der Waals surface area contributed by atoms with Crippen LogP contribution in [0.1, 0.15) is 26.7 Å². The van der Waals surface area contributed by atoms with Crippen LogP contribution in [0.2, 0.25) is 0 Å². The Kier molecular flexibility index (Phi) is 3.67. The summed E-state index contributed by atoms with van der Waals surface area (Å²) >= 11 is 0. The number of hydrogen-bond acceptors (Lipinski definition) is 5. The maximum atomic E-state index is 11.5. The molecular weight excluding hydrogens is 216 g/mol. The zero-order valence-electron chi connectivity index (χ0n) is 8.97. The van der Waals surface area contributed by atoms with E-state index in [0.717, 1.165) is 12.8 Å². The third kappa shape index (κ3) is 2.47. The van der Waals surface area contributed by atoms with E-state index < -0.39 is 9.84 Å². The number of nitrogens with zero attached hydrogens (tertiary/aromatic N) is 3. The molecule has 0 aliphatic carbocycles. The quantitative estimate of drug-likeness (QED) is 0.796. The molecule has 0 saturated carbocycles. The average molecular weight is 232 g/mol. The van der Waals surface area contributed by atoms with E-state index in [4.69, 9.17) is 5.73 Å². The molecule has 6 nitrogen and oxygen atoms in total. The first-order valence-electron chi connectivity index (χ1n) is 4.94. The Bertz CT molecular complexity index is 424. The first-order chi connectivity index (χ1) is 7.03. The van der Waals surface area contributed by atoms with E-state index in [0.29, 0.717) is 6.54 Å². The molecule has 7 heteroatoms. The van der Waals surface area contributed by atoms with Gasteiger partial charge in [-0.25, -0.2) is 13.1 Å². The largest absolute Gasteiger partial charge is 0.381 e. The summed E-state index contributed by atoms with van der Waals surface area (Å²) in [6.45, 7) is 4.20. The van der Waals surface area contributed by atoms with Crippen LogP contribution in [0, 0.1) is 0 Å². The molecule has 0 amide bonds. The van der Waals surface area contributed by atoms with Gasteiger partial charge in [-0.2, -0.15) is 0 Å². The molecule has 0 unspecified atom stereocenters. The number of rotatable bonds is 5. The van der Waals surface area contributed by atoms with Gasteiger partial charge in [-0.15, -0.1) is 5.10 Å². The van der Waals surface area contributed by atoms with Gasteiger partial charge in [-0.05, 0) is 6.42 Å². The molecule has 1 heterocycles. The Morgan fingerprint density at radius 3 is 2.60 bits per heavy atom.